The van der Waals surface area contributed by atoms with Gasteiger partial charge in [0.15, 0.2) is 5.69 Å². The summed E-state index contributed by atoms with van der Waals surface area (Å²) in [5.41, 5.74) is -2.36. The van der Waals surface area contributed by atoms with Crippen LogP contribution in [0.5, 0.6) is 0 Å². The number of carboxylic acids is 1. The van der Waals surface area contributed by atoms with Crippen molar-refractivity contribution >= 4 is 11.7 Å². The van der Waals surface area contributed by atoms with Crippen molar-refractivity contribution in [2.75, 3.05) is 0 Å². The number of nitrogens with zero attached hydrogens (tertiary/aromatic N) is 4. The highest BCUT2D eigenvalue weighted by Gasteiger charge is 2.33. The summed E-state index contributed by atoms with van der Waals surface area (Å²) in [6, 6.07) is 1.71. The SMILES string of the molecule is O=C(O)c1ccc([N+](=O)[O-])c(-n2cc(C(F)(F)F)cn2)n1. The van der Waals surface area contributed by atoms with E-state index in [9.17, 15) is 28.1 Å². The van der Waals surface area contributed by atoms with Crippen molar-refractivity contribution in [1.82, 2.24) is 14.8 Å². The Bertz CT molecular complexity index is 725. The summed E-state index contributed by atoms with van der Waals surface area (Å²) in [6.07, 6.45) is -3.74. The number of nitro groups is 1. The summed E-state index contributed by atoms with van der Waals surface area (Å²) in [4.78, 5) is 24.2. The third kappa shape index (κ3) is 2.80. The highest BCUT2D eigenvalue weighted by molar-refractivity contribution is 5.86. The molecule has 11 heteroatoms. The molecule has 0 aliphatic rings. The number of halogens is 3. The van der Waals surface area contributed by atoms with E-state index in [4.69, 9.17) is 5.11 Å². The molecule has 2 rings (SSSR count). The molecule has 1 N–H and O–H groups in total. The van der Waals surface area contributed by atoms with Crippen LogP contribution >= 0.6 is 0 Å². The molecule has 2 heterocycles. The molecule has 0 bridgehead atoms. The molecule has 0 spiro atoms. The van der Waals surface area contributed by atoms with Gasteiger partial charge in [-0.2, -0.15) is 18.3 Å². The molecule has 8 nitrogen and oxygen atoms in total. The second kappa shape index (κ2) is 4.85. The predicted octanol–water partition coefficient (Wildman–Crippen LogP) is 1.89. The Labute approximate surface area is 113 Å². The molecule has 0 saturated carbocycles. The lowest BCUT2D eigenvalue weighted by Gasteiger charge is -2.04. The van der Waals surface area contributed by atoms with Gasteiger partial charge in [0.05, 0.1) is 16.7 Å². The number of carbonyl (C=O) groups is 1. The molecular formula is C10H5F3N4O4. The number of rotatable bonds is 3. The quantitative estimate of drug-likeness (QED) is 0.684. The molecular weight excluding hydrogens is 297 g/mol. The van der Waals surface area contributed by atoms with Gasteiger partial charge in [-0.1, -0.05) is 0 Å². The van der Waals surface area contributed by atoms with Crippen LogP contribution in [0.3, 0.4) is 0 Å². The molecule has 0 saturated heterocycles. The molecule has 0 aliphatic carbocycles. The highest BCUT2D eigenvalue weighted by Crippen LogP contribution is 2.30. The van der Waals surface area contributed by atoms with Gasteiger partial charge in [-0.3, -0.25) is 10.1 Å². The fraction of sp³-hybridized carbons (Fsp3) is 0.100. The Balaban J connectivity index is 2.60. The maximum absolute atomic E-state index is 12.5. The fourth-order valence-corrected chi connectivity index (χ4v) is 1.46. The molecule has 110 valence electrons. The van der Waals surface area contributed by atoms with E-state index in [1.54, 1.807) is 0 Å². The van der Waals surface area contributed by atoms with E-state index in [2.05, 4.69) is 10.1 Å². The lowest BCUT2D eigenvalue weighted by molar-refractivity contribution is -0.384. The summed E-state index contributed by atoms with van der Waals surface area (Å²) in [5.74, 6) is -2.09. The average molecular weight is 302 g/mol. The molecule has 2 aromatic heterocycles. The summed E-state index contributed by atoms with van der Waals surface area (Å²) < 4.78 is 38.0. The number of alkyl halides is 3. The number of hydrogen-bond donors (Lipinski definition) is 1. The van der Waals surface area contributed by atoms with E-state index in [1.807, 2.05) is 0 Å². The fourth-order valence-electron chi connectivity index (χ4n) is 1.46. The van der Waals surface area contributed by atoms with Crippen molar-refractivity contribution < 1.29 is 28.0 Å². The lowest BCUT2D eigenvalue weighted by atomic mass is 10.3. The number of pyridine rings is 1. The van der Waals surface area contributed by atoms with Crippen LogP contribution in [-0.4, -0.2) is 30.8 Å². The number of hydrogen-bond acceptors (Lipinski definition) is 5. The number of aromatic carboxylic acids is 1. The van der Waals surface area contributed by atoms with Crippen LogP contribution in [0.2, 0.25) is 0 Å². The molecule has 21 heavy (non-hydrogen) atoms. The van der Waals surface area contributed by atoms with Gasteiger partial charge in [0, 0.05) is 12.3 Å². The Kier molecular flexibility index (Phi) is 3.33. The Morgan fingerprint density at radius 1 is 1.38 bits per heavy atom. The molecule has 2 aromatic rings. The van der Waals surface area contributed by atoms with E-state index in [0.717, 1.165) is 12.1 Å². The number of aromatic nitrogens is 3. The minimum Gasteiger partial charge on any atom is -0.477 e. The van der Waals surface area contributed by atoms with E-state index < -0.39 is 39.8 Å². The smallest absolute Gasteiger partial charge is 0.419 e. The van der Waals surface area contributed by atoms with Gasteiger partial charge < -0.3 is 5.11 Å². The highest BCUT2D eigenvalue weighted by atomic mass is 19.4. The first kappa shape index (κ1) is 14.4. The van der Waals surface area contributed by atoms with E-state index >= 15 is 0 Å². The van der Waals surface area contributed by atoms with Crippen molar-refractivity contribution in [3.05, 3.63) is 45.9 Å². The van der Waals surface area contributed by atoms with Gasteiger partial charge in [-0.25, -0.2) is 14.5 Å². The van der Waals surface area contributed by atoms with Crippen LogP contribution in [0.1, 0.15) is 16.1 Å². The second-order valence-electron chi connectivity index (χ2n) is 3.77. The van der Waals surface area contributed by atoms with E-state index in [1.165, 1.54) is 0 Å². The maximum Gasteiger partial charge on any atom is 0.419 e. The molecule has 0 atom stereocenters. The molecule has 0 amide bonds. The monoisotopic (exact) mass is 302 g/mol. The molecule has 0 radical (unpaired) electrons. The Morgan fingerprint density at radius 3 is 2.52 bits per heavy atom. The zero-order chi connectivity index (χ0) is 15.8. The van der Waals surface area contributed by atoms with Gasteiger partial charge in [0.25, 0.3) is 0 Å². The van der Waals surface area contributed by atoms with Crippen LogP contribution in [0.15, 0.2) is 24.5 Å². The zero-order valence-electron chi connectivity index (χ0n) is 9.90. The predicted molar refractivity (Wildman–Crippen MR) is 60.0 cm³/mol. The van der Waals surface area contributed by atoms with Crippen LogP contribution in [-0.2, 0) is 6.18 Å². The standard InChI is InChI=1S/C10H5F3N4O4/c11-10(12,13)5-3-14-16(4-5)8-7(17(20)21)2-1-6(15-8)9(18)19/h1-4H,(H,18,19). The van der Waals surface area contributed by atoms with Crippen molar-refractivity contribution in [3.63, 3.8) is 0 Å². The first-order valence-electron chi connectivity index (χ1n) is 5.21. The third-order valence-corrected chi connectivity index (χ3v) is 2.40. The van der Waals surface area contributed by atoms with Crippen LogP contribution in [0, 0.1) is 10.1 Å². The normalized spacial score (nSPS) is 11.4. The van der Waals surface area contributed by atoms with Gasteiger partial charge in [0.1, 0.15) is 0 Å². The van der Waals surface area contributed by atoms with Crippen molar-refractivity contribution in [3.8, 4) is 5.82 Å². The number of carboxylic acid groups (broad SMARTS) is 1. The zero-order valence-corrected chi connectivity index (χ0v) is 9.90. The maximum atomic E-state index is 12.5. The minimum absolute atomic E-state index is 0.457. The van der Waals surface area contributed by atoms with Crippen LogP contribution in [0.4, 0.5) is 18.9 Å². The minimum atomic E-state index is -4.68. The summed E-state index contributed by atoms with van der Waals surface area (Å²) >= 11 is 0. The second-order valence-corrected chi connectivity index (χ2v) is 3.77. The van der Waals surface area contributed by atoms with Crippen LogP contribution < -0.4 is 0 Å². The topological polar surface area (TPSA) is 111 Å². The van der Waals surface area contributed by atoms with Crippen molar-refractivity contribution in [2.24, 2.45) is 0 Å². The summed E-state index contributed by atoms with van der Waals surface area (Å²) in [6.45, 7) is 0. The third-order valence-electron chi connectivity index (χ3n) is 2.40. The molecule has 0 fully saturated rings. The molecule has 0 unspecified atom stereocenters. The van der Waals surface area contributed by atoms with Gasteiger partial charge in [0.2, 0.25) is 5.82 Å². The largest absolute Gasteiger partial charge is 0.477 e. The Morgan fingerprint density at radius 2 is 2.05 bits per heavy atom. The first-order valence-corrected chi connectivity index (χ1v) is 5.21. The lowest BCUT2D eigenvalue weighted by Crippen LogP contribution is -2.09. The summed E-state index contributed by atoms with van der Waals surface area (Å²) in [5, 5.41) is 22.9. The van der Waals surface area contributed by atoms with Gasteiger partial charge in [-0.15, -0.1) is 0 Å². The van der Waals surface area contributed by atoms with E-state index in [-0.39, 0.29) is 0 Å². The Hall–Kier alpha value is -2.98. The van der Waals surface area contributed by atoms with Gasteiger partial charge in [-0.05, 0) is 6.07 Å². The van der Waals surface area contributed by atoms with Crippen molar-refractivity contribution in [2.45, 2.75) is 6.18 Å². The first-order chi connectivity index (χ1) is 9.70. The van der Waals surface area contributed by atoms with Gasteiger partial charge >= 0.3 is 17.8 Å². The molecule has 0 aliphatic heterocycles. The average Bonchev–Trinajstić information content (AvgIpc) is 2.87. The molecule has 0 aromatic carbocycles. The van der Waals surface area contributed by atoms with E-state index in [0.29, 0.717) is 17.1 Å². The van der Waals surface area contributed by atoms with Crippen molar-refractivity contribution in [1.29, 1.82) is 0 Å². The summed E-state index contributed by atoms with van der Waals surface area (Å²) in [7, 11) is 0. The van der Waals surface area contributed by atoms with Crippen LogP contribution in [0.25, 0.3) is 5.82 Å².